The van der Waals surface area contributed by atoms with Crippen molar-refractivity contribution in [1.29, 1.82) is 0 Å². The molecule has 0 spiro atoms. The van der Waals surface area contributed by atoms with Crippen molar-refractivity contribution in [3.05, 3.63) is 28.8 Å². The summed E-state index contributed by atoms with van der Waals surface area (Å²) in [6, 6.07) is 7.20. The van der Waals surface area contributed by atoms with E-state index in [2.05, 4.69) is 47.2 Å². The van der Waals surface area contributed by atoms with Crippen LogP contribution in [0.4, 0.5) is 0 Å². The van der Waals surface area contributed by atoms with Crippen LogP contribution in [0.3, 0.4) is 0 Å². The quantitative estimate of drug-likeness (QED) is 0.900. The van der Waals surface area contributed by atoms with Crippen LogP contribution in [0.1, 0.15) is 23.5 Å². The van der Waals surface area contributed by atoms with Gasteiger partial charge in [-0.05, 0) is 31.5 Å². The maximum Gasteiger partial charge on any atom is 0.0907 e. The zero-order valence-corrected chi connectivity index (χ0v) is 11.8. The minimum Gasteiger partial charge on any atom is -0.314 e. The van der Waals surface area contributed by atoms with Gasteiger partial charge in [0, 0.05) is 32.2 Å². The first kappa shape index (κ1) is 12.1. The number of fused-ring (bicyclic) bond motifs is 1. The summed E-state index contributed by atoms with van der Waals surface area (Å²) in [6.45, 7) is 8.87. The van der Waals surface area contributed by atoms with E-state index in [1.165, 1.54) is 10.3 Å². The van der Waals surface area contributed by atoms with Crippen molar-refractivity contribution in [2.45, 2.75) is 19.9 Å². The molecule has 3 rings (SSSR count). The molecule has 0 amide bonds. The summed E-state index contributed by atoms with van der Waals surface area (Å²) < 4.78 is 1.31. The van der Waals surface area contributed by atoms with Gasteiger partial charge in [0.2, 0.25) is 0 Å². The number of nitrogens with zero attached hydrogens (tertiary/aromatic N) is 2. The monoisotopic (exact) mass is 261 g/mol. The average Bonchev–Trinajstić information content (AvgIpc) is 2.78. The van der Waals surface area contributed by atoms with E-state index in [-0.39, 0.29) is 0 Å². The number of hydrogen-bond donors (Lipinski definition) is 1. The third kappa shape index (κ3) is 2.28. The number of aryl methyl sites for hydroxylation is 1. The second kappa shape index (κ2) is 4.96. The minimum absolute atomic E-state index is 0.499. The zero-order valence-electron chi connectivity index (χ0n) is 10.9. The molecule has 1 saturated heterocycles. The van der Waals surface area contributed by atoms with E-state index in [1.54, 1.807) is 11.3 Å². The first-order valence-electron chi connectivity index (χ1n) is 6.56. The highest BCUT2D eigenvalue weighted by Crippen LogP contribution is 2.27. The van der Waals surface area contributed by atoms with Crippen LogP contribution in [0.2, 0.25) is 0 Å². The summed E-state index contributed by atoms with van der Waals surface area (Å²) >= 11 is 1.79. The molecule has 2 aromatic rings. The van der Waals surface area contributed by atoms with E-state index >= 15 is 0 Å². The van der Waals surface area contributed by atoms with Gasteiger partial charge in [-0.25, -0.2) is 4.98 Å². The van der Waals surface area contributed by atoms with Crippen molar-refractivity contribution < 1.29 is 0 Å². The number of rotatable bonds is 2. The third-order valence-electron chi connectivity index (χ3n) is 3.70. The van der Waals surface area contributed by atoms with Crippen molar-refractivity contribution in [2.75, 3.05) is 26.2 Å². The van der Waals surface area contributed by atoms with Gasteiger partial charge in [0.1, 0.15) is 0 Å². The molecule has 1 aliphatic rings. The molecule has 1 N–H and O–H groups in total. The lowest BCUT2D eigenvalue weighted by atomic mass is 10.1. The molecular weight excluding hydrogens is 242 g/mol. The molecule has 1 unspecified atom stereocenters. The van der Waals surface area contributed by atoms with Crippen LogP contribution in [0.15, 0.2) is 18.2 Å². The number of thiazole rings is 1. The highest BCUT2D eigenvalue weighted by molar-refractivity contribution is 7.18. The van der Waals surface area contributed by atoms with Crippen LogP contribution in [-0.2, 0) is 0 Å². The molecule has 1 aliphatic heterocycles. The Morgan fingerprint density at radius 2 is 2.11 bits per heavy atom. The Labute approximate surface area is 112 Å². The number of benzene rings is 1. The van der Waals surface area contributed by atoms with Crippen LogP contribution in [0.5, 0.6) is 0 Å². The number of nitrogens with one attached hydrogen (secondary N) is 1. The van der Waals surface area contributed by atoms with Gasteiger partial charge < -0.3 is 5.32 Å². The number of hydrogen-bond acceptors (Lipinski definition) is 4. The van der Waals surface area contributed by atoms with Gasteiger partial charge in [0.15, 0.2) is 0 Å². The maximum atomic E-state index is 4.52. The largest absolute Gasteiger partial charge is 0.314 e. The molecule has 0 bridgehead atoms. The smallest absolute Gasteiger partial charge is 0.0907 e. The molecule has 0 saturated carbocycles. The summed E-state index contributed by atoms with van der Waals surface area (Å²) in [5, 5.41) is 4.55. The van der Waals surface area contributed by atoms with Crippen LogP contribution in [0, 0.1) is 6.92 Å². The van der Waals surface area contributed by atoms with Crippen LogP contribution in [0.25, 0.3) is 10.2 Å². The Morgan fingerprint density at radius 1 is 1.33 bits per heavy atom. The lowest BCUT2D eigenvalue weighted by molar-refractivity contribution is 0.185. The molecule has 0 aliphatic carbocycles. The summed E-state index contributed by atoms with van der Waals surface area (Å²) in [6.07, 6.45) is 0. The molecule has 1 aromatic heterocycles. The van der Waals surface area contributed by atoms with Crippen LogP contribution in [-0.4, -0.2) is 36.1 Å². The highest BCUT2D eigenvalue weighted by atomic mass is 32.1. The Bertz CT molecular complexity index is 543. The van der Waals surface area contributed by atoms with Crippen molar-refractivity contribution in [1.82, 2.24) is 15.2 Å². The van der Waals surface area contributed by atoms with E-state index in [0.29, 0.717) is 6.04 Å². The van der Waals surface area contributed by atoms with Gasteiger partial charge in [-0.1, -0.05) is 6.07 Å². The fourth-order valence-corrected chi connectivity index (χ4v) is 3.47. The molecule has 18 heavy (non-hydrogen) atoms. The molecule has 0 radical (unpaired) electrons. The Balaban J connectivity index is 1.88. The van der Waals surface area contributed by atoms with Crippen LogP contribution < -0.4 is 5.32 Å². The lowest BCUT2D eigenvalue weighted by Crippen LogP contribution is -2.44. The first-order chi connectivity index (χ1) is 8.74. The maximum absolute atomic E-state index is 4.52. The second-order valence-corrected chi connectivity index (χ2v) is 6.16. The Kier molecular flexibility index (Phi) is 3.33. The topological polar surface area (TPSA) is 28.2 Å². The molecule has 1 fully saturated rings. The predicted octanol–water partition coefficient (Wildman–Crippen LogP) is 2.57. The number of aromatic nitrogens is 1. The normalized spacial score (nSPS) is 19.2. The standard InChI is InChI=1S/C14H19N3S/c1-10(17-7-5-15-6-8-17)12-3-4-13-14(9-12)18-11(2)16-13/h3-4,9-10,15H,5-8H2,1-2H3. The van der Waals surface area contributed by atoms with Gasteiger partial charge in [0.05, 0.1) is 15.2 Å². The van der Waals surface area contributed by atoms with E-state index in [4.69, 9.17) is 0 Å². The van der Waals surface area contributed by atoms with Gasteiger partial charge in [-0.15, -0.1) is 11.3 Å². The molecule has 1 atom stereocenters. The number of piperazine rings is 1. The molecule has 2 heterocycles. The van der Waals surface area contributed by atoms with Crippen molar-refractivity contribution in [2.24, 2.45) is 0 Å². The van der Waals surface area contributed by atoms with E-state index in [9.17, 15) is 0 Å². The molecule has 1 aromatic carbocycles. The summed E-state index contributed by atoms with van der Waals surface area (Å²) in [5.74, 6) is 0. The molecule has 3 nitrogen and oxygen atoms in total. The van der Waals surface area contributed by atoms with Gasteiger partial charge in [0.25, 0.3) is 0 Å². The fraction of sp³-hybridized carbons (Fsp3) is 0.500. The van der Waals surface area contributed by atoms with Crippen LogP contribution >= 0.6 is 11.3 Å². The highest BCUT2D eigenvalue weighted by Gasteiger charge is 2.18. The van der Waals surface area contributed by atoms with Crippen molar-refractivity contribution in [3.63, 3.8) is 0 Å². The predicted molar refractivity (Wildman–Crippen MR) is 77.2 cm³/mol. The zero-order chi connectivity index (χ0) is 12.5. The molecular formula is C14H19N3S. The Morgan fingerprint density at radius 3 is 2.89 bits per heavy atom. The molecule has 96 valence electrons. The van der Waals surface area contributed by atoms with Gasteiger partial charge >= 0.3 is 0 Å². The SMILES string of the molecule is Cc1nc2ccc(C(C)N3CCNCC3)cc2s1. The summed E-state index contributed by atoms with van der Waals surface area (Å²) in [7, 11) is 0. The fourth-order valence-electron chi connectivity index (χ4n) is 2.60. The van der Waals surface area contributed by atoms with Crippen molar-refractivity contribution >= 4 is 21.6 Å². The van der Waals surface area contributed by atoms with E-state index in [0.717, 1.165) is 36.7 Å². The van der Waals surface area contributed by atoms with E-state index in [1.807, 2.05) is 0 Å². The minimum atomic E-state index is 0.499. The Hall–Kier alpha value is -0.970. The first-order valence-corrected chi connectivity index (χ1v) is 7.37. The average molecular weight is 261 g/mol. The third-order valence-corrected chi connectivity index (χ3v) is 4.63. The lowest BCUT2D eigenvalue weighted by Gasteiger charge is -2.33. The molecule has 4 heteroatoms. The van der Waals surface area contributed by atoms with Crippen molar-refractivity contribution in [3.8, 4) is 0 Å². The van der Waals surface area contributed by atoms with E-state index < -0.39 is 0 Å². The van der Waals surface area contributed by atoms with Gasteiger partial charge in [-0.2, -0.15) is 0 Å². The van der Waals surface area contributed by atoms with Gasteiger partial charge in [-0.3, -0.25) is 4.90 Å². The second-order valence-electron chi connectivity index (χ2n) is 4.92. The summed E-state index contributed by atoms with van der Waals surface area (Å²) in [5.41, 5.74) is 2.54. The summed E-state index contributed by atoms with van der Waals surface area (Å²) in [4.78, 5) is 7.07.